The minimum atomic E-state index is -0.907. The number of carbonyl (C=O) groups is 1. The summed E-state index contributed by atoms with van der Waals surface area (Å²) in [6, 6.07) is 15.2. The van der Waals surface area contributed by atoms with Gasteiger partial charge in [0.05, 0.1) is 24.3 Å². The highest BCUT2D eigenvalue weighted by atomic mass is 32.1. The second-order valence-corrected chi connectivity index (χ2v) is 9.36. The number of ether oxygens (including phenoxy) is 1. The van der Waals surface area contributed by atoms with Gasteiger partial charge < -0.3 is 9.84 Å². The molecule has 1 saturated carbocycles. The lowest BCUT2D eigenvalue weighted by Crippen LogP contribution is -2.15. The van der Waals surface area contributed by atoms with Crippen molar-refractivity contribution in [3.63, 3.8) is 0 Å². The molecule has 4 rings (SSSR count). The van der Waals surface area contributed by atoms with Crippen LogP contribution >= 0.6 is 11.3 Å². The van der Waals surface area contributed by atoms with Gasteiger partial charge in [0.1, 0.15) is 0 Å². The molecule has 0 saturated heterocycles. The number of hydrogen-bond donors (Lipinski definition) is 1. The molecule has 1 atom stereocenters. The number of rotatable bonds is 9. The van der Waals surface area contributed by atoms with Crippen molar-refractivity contribution in [2.75, 3.05) is 6.61 Å². The summed E-state index contributed by atoms with van der Waals surface area (Å²) in [6.45, 7) is 1.30. The molecule has 0 bridgehead atoms. The summed E-state index contributed by atoms with van der Waals surface area (Å²) < 4.78 is 6.14. The van der Waals surface area contributed by atoms with E-state index in [2.05, 4.69) is 17.1 Å². The van der Waals surface area contributed by atoms with Crippen molar-refractivity contribution in [2.45, 2.75) is 51.0 Å². The van der Waals surface area contributed by atoms with Crippen LogP contribution in [0.4, 0.5) is 0 Å². The van der Waals surface area contributed by atoms with Crippen LogP contribution in [-0.2, 0) is 11.3 Å². The molecule has 1 aliphatic carbocycles. The first-order valence-corrected chi connectivity index (χ1v) is 12.0. The Kier molecular flexibility index (Phi) is 7.49. The minimum absolute atomic E-state index is 0.303. The predicted molar refractivity (Wildman–Crippen MR) is 125 cm³/mol. The molecule has 1 fully saturated rings. The van der Waals surface area contributed by atoms with E-state index in [0.29, 0.717) is 18.1 Å². The first-order valence-electron chi connectivity index (χ1n) is 11.1. The van der Waals surface area contributed by atoms with Crippen molar-refractivity contribution >= 4 is 17.3 Å². The first-order chi connectivity index (χ1) is 15.2. The largest absolute Gasteiger partial charge is 0.478 e. The van der Waals surface area contributed by atoms with E-state index in [0.717, 1.165) is 29.2 Å². The molecule has 5 heteroatoms. The molecule has 1 aromatic heterocycles. The molecule has 4 nitrogen and oxygen atoms in total. The van der Waals surface area contributed by atoms with Crippen LogP contribution in [0.15, 0.2) is 60.2 Å². The summed E-state index contributed by atoms with van der Waals surface area (Å²) in [7, 11) is 0. The van der Waals surface area contributed by atoms with Gasteiger partial charge in [-0.3, -0.25) is 4.98 Å². The molecule has 0 radical (unpaired) electrons. The lowest BCUT2D eigenvalue weighted by Gasteiger charge is -2.26. The molecule has 31 heavy (non-hydrogen) atoms. The second kappa shape index (κ2) is 10.7. The average molecular weight is 436 g/mol. The lowest BCUT2D eigenvalue weighted by molar-refractivity contribution is 0.0697. The Hall–Kier alpha value is -2.50. The first kappa shape index (κ1) is 21.7. The zero-order valence-electron chi connectivity index (χ0n) is 17.7. The summed E-state index contributed by atoms with van der Waals surface area (Å²) in [5.74, 6) is 0.328. The second-order valence-electron chi connectivity index (χ2n) is 8.44. The molecule has 1 unspecified atom stereocenters. The van der Waals surface area contributed by atoms with Gasteiger partial charge in [-0.15, -0.1) is 11.3 Å². The zero-order valence-corrected chi connectivity index (χ0v) is 18.5. The van der Waals surface area contributed by atoms with Gasteiger partial charge in [-0.05, 0) is 41.2 Å². The van der Waals surface area contributed by atoms with Crippen molar-refractivity contribution in [2.24, 2.45) is 5.92 Å². The van der Waals surface area contributed by atoms with E-state index in [1.807, 2.05) is 29.9 Å². The van der Waals surface area contributed by atoms with Crippen LogP contribution in [0.2, 0.25) is 0 Å². The van der Waals surface area contributed by atoms with Crippen molar-refractivity contribution in [3.8, 4) is 11.1 Å². The van der Waals surface area contributed by atoms with Crippen LogP contribution in [-0.4, -0.2) is 22.7 Å². The van der Waals surface area contributed by atoms with Gasteiger partial charge in [-0.2, -0.15) is 0 Å². The van der Waals surface area contributed by atoms with Gasteiger partial charge >= 0.3 is 5.97 Å². The fourth-order valence-corrected chi connectivity index (χ4v) is 5.18. The third kappa shape index (κ3) is 6.02. The Labute approximate surface area is 187 Å². The Morgan fingerprint density at radius 2 is 1.90 bits per heavy atom. The molecule has 162 valence electrons. The Morgan fingerprint density at radius 3 is 2.61 bits per heavy atom. The van der Waals surface area contributed by atoms with E-state index < -0.39 is 5.97 Å². The summed E-state index contributed by atoms with van der Waals surface area (Å²) >= 11 is 1.74. The fraction of sp³-hybridized carbons (Fsp3) is 0.385. The maximum absolute atomic E-state index is 11.2. The molecular weight excluding hydrogens is 406 g/mol. The van der Waals surface area contributed by atoms with E-state index in [1.165, 1.54) is 43.4 Å². The van der Waals surface area contributed by atoms with E-state index in [9.17, 15) is 9.90 Å². The van der Waals surface area contributed by atoms with E-state index in [-0.39, 0.29) is 0 Å². The van der Waals surface area contributed by atoms with Gasteiger partial charge in [0.25, 0.3) is 0 Å². The fourth-order valence-electron chi connectivity index (χ4n) is 4.46. The Bertz CT molecular complexity index is 963. The lowest BCUT2D eigenvalue weighted by atomic mass is 9.82. The summed E-state index contributed by atoms with van der Waals surface area (Å²) in [5.41, 5.74) is 5.26. The monoisotopic (exact) mass is 435 g/mol. The van der Waals surface area contributed by atoms with Gasteiger partial charge in [0.15, 0.2) is 0 Å². The van der Waals surface area contributed by atoms with Gasteiger partial charge in [-0.25, -0.2) is 4.79 Å². The molecule has 0 aliphatic heterocycles. The highest BCUT2D eigenvalue weighted by molar-refractivity contribution is 7.09. The van der Waals surface area contributed by atoms with Gasteiger partial charge in [-0.1, -0.05) is 68.5 Å². The highest BCUT2D eigenvalue weighted by Crippen LogP contribution is 2.34. The number of carboxylic acid groups (broad SMARTS) is 1. The zero-order chi connectivity index (χ0) is 21.5. The van der Waals surface area contributed by atoms with Crippen molar-refractivity contribution in [1.82, 2.24) is 4.98 Å². The van der Waals surface area contributed by atoms with Crippen LogP contribution in [0.1, 0.15) is 65.2 Å². The molecule has 0 amide bonds. The van der Waals surface area contributed by atoms with Crippen molar-refractivity contribution in [1.29, 1.82) is 0 Å². The summed E-state index contributed by atoms with van der Waals surface area (Å²) in [5, 5.41) is 9.19. The number of aromatic carboxylic acids is 1. The highest BCUT2D eigenvalue weighted by Gasteiger charge is 2.21. The third-order valence-corrected chi connectivity index (χ3v) is 7.12. The molecule has 0 spiro atoms. The van der Waals surface area contributed by atoms with Gasteiger partial charge in [0.2, 0.25) is 0 Å². The summed E-state index contributed by atoms with van der Waals surface area (Å²) in [4.78, 5) is 16.8. The number of nitrogens with zero attached hydrogens (tertiary/aromatic N) is 1. The number of carboxylic acids is 1. The number of aromatic nitrogens is 1. The van der Waals surface area contributed by atoms with Crippen LogP contribution < -0.4 is 0 Å². The van der Waals surface area contributed by atoms with Crippen LogP contribution in [0, 0.1) is 5.92 Å². The molecule has 2 aromatic carbocycles. The molecule has 1 heterocycles. The normalized spacial score (nSPS) is 15.6. The maximum Gasteiger partial charge on any atom is 0.335 e. The Balaban J connectivity index is 1.34. The standard InChI is InChI=1S/C26H29NO3S/c28-26(29)23-8-4-7-22(14-23)21-11-9-20(10-12-21)16-30-17-24(25-15-27-18-31-25)13-19-5-2-1-3-6-19/h4,7-12,14-15,18-19,24H,1-3,5-6,13,16-17H2,(H,28,29). The van der Waals surface area contributed by atoms with Crippen LogP contribution in [0.5, 0.6) is 0 Å². The number of benzene rings is 2. The average Bonchev–Trinajstić information content (AvgIpc) is 3.35. The SMILES string of the molecule is O=C(O)c1cccc(-c2ccc(COCC(CC3CCCCC3)c3cncs3)cc2)c1. The Morgan fingerprint density at radius 1 is 1.10 bits per heavy atom. The van der Waals surface area contributed by atoms with Crippen LogP contribution in [0.3, 0.4) is 0 Å². The molecular formula is C26H29NO3S. The van der Waals surface area contributed by atoms with Crippen LogP contribution in [0.25, 0.3) is 11.1 Å². The van der Waals surface area contributed by atoms with Gasteiger partial charge in [0, 0.05) is 17.0 Å². The smallest absolute Gasteiger partial charge is 0.335 e. The minimum Gasteiger partial charge on any atom is -0.478 e. The quantitative estimate of drug-likeness (QED) is 0.402. The topological polar surface area (TPSA) is 59.4 Å². The summed E-state index contributed by atoms with van der Waals surface area (Å²) in [6.07, 6.45) is 10.0. The number of thiazole rings is 1. The maximum atomic E-state index is 11.2. The van der Waals surface area contributed by atoms with Crippen molar-refractivity contribution in [3.05, 3.63) is 76.2 Å². The molecule has 1 aliphatic rings. The predicted octanol–water partition coefficient (Wildman–Crippen LogP) is 6.78. The molecule has 3 aromatic rings. The van der Waals surface area contributed by atoms with Crippen molar-refractivity contribution < 1.29 is 14.6 Å². The van der Waals surface area contributed by atoms with E-state index in [1.54, 1.807) is 29.5 Å². The van der Waals surface area contributed by atoms with E-state index in [4.69, 9.17) is 4.74 Å². The van der Waals surface area contributed by atoms with E-state index >= 15 is 0 Å². The molecule has 1 N–H and O–H groups in total. The third-order valence-electron chi connectivity index (χ3n) is 6.18. The number of hydrogen-bond acceptors (Lipinski definition) is 4.